The van der Waals surface area contributed by atoms with Crippen LogP contribution in [0.4, 0.5) is 10.2 Å². The number of aromatic nitrogens is 2. The van der Waals surface area contributed by atoms with Crippen LogP contribution in [0.5, 0.6) is 0 Å². The van der Waals surface area contributed by atoms with Crippen LogP contribution in [0, 0.1) is 12.7 Å². The molecule has 0 atom stereocenters. The van der Waals surface area contributed by atoms with E-state index in [0.717, 1.165) is 22.6 Å². The monoisotopic (exact) mass is 278 g/mol. The molecule has 1 aromatic heterocycles. The van der Waals surface area contributed by atoms with Crippen LogP contribution in [0.1, 0.15) is 16.8 Å². The van der Waals surface area contributed by atoms with E-state index in [1.54, 1.807) is 10.7 Å². The number of thiocarbonyl (C=S) groups is 1. The molecule has 0 bridgehead atoms. The van der Waals surface area contributed by atoms with E-state index in [4.69, 9.17) is 18.0 Å². The van der Waals surface area contributed by atoms with Gasteiger partial charge in [-0.3, -0.25) is 4.68 Å². The third-order valence-corrected chi connectivity index (χ3v) is 3.02. The molecule has 3 N–H and O–H groups in total. The van der Waals surface area contributed by atoms with Gasteiger partial charge in [-0.05, 0) is 24.6 Å². The minimum atomic E-state index is -0.255. The predicted octanol–water partition coefficient (Wildman–Crippen LogP) is 2.11. The molecule has 0 aliphatic heterocycles. The van der Waals surface area contributed by atoms with Crippen molar-refractivity contribution in [2.24, 2.45) is 12.8 Å². The lowest BCUT2D eigenvalue weighted by Gasteiger charge is -2.09. The summed E-state index contributed by atoms with van der Waals surface area (Å²) in [6.07, 6.45) is 0. The minimum Gasteiger partial charge on any atom is -0.389 e. The van der Waals surface area contributed by atoms with Crippen molar-refractivity contribution in [3.63, 3.8) is 0 Å². The molecule has 0 amide bonds. The number of halogens is 1. The Hall–Kier alpha value is -1.95. The smallest absolute Gasteiger partial charge is 0.134 e. The van der Waals surface area contributed by atoms with Crippen molar-refractivity contribution in [1.29, 1.82) is 0 Å². The van der Waals surface area contributed by atoms with Gasteiger partial charge in [0.2, 0.25) is 0 Å². The number of aryl methyl sites for hydroxylation is 2. The van der Waals surface area contributed by atoms with Crippen LogP contribution in [0.2, 0.25) is 0 Å². The zero-order valence-corrected chi connectivity index (χ0v) is 11.6. The highest BCUT2D eigenvalue weighted by atomic mass is 32.1. The third-order valence-electron chi connectivity index (χ3n) is 2.82. The van der Waals surface area contributed by atoms with Gasteiger partial charge >= 0.3 is 0 Å². The molecule has 0 saturated heterocycles. The van der Waals surface area contributed by atoms with Crippen LogP contribution in [0.15, 0.2) is 24.3 Å². The Balaban J connectivity index is 2.22. The van der Waals surface area contributed by atoms with Crippen LogP contribution >= 0.6 is 12.2 Å². The van der Waals surface area contributed by atoms with E-state index in [0.29, 0.717) is 11.5 Å². The van der Waals surface area contributed by atoms with Gasteiger partial charge in [0.1, 0.15) is 16.6 Å². The zero-order valence-electron chi connectivity index (χ0n) is 10.8. The fourth-order valence-electron chi connectivity index (χ4n) is 1.99. The van der Waals surface area contributed by atoms with Gasteiger partial charge in [-0.25, -0.2) is 4.39 Å². The number of benzene rings is 1. The van der Waals surface area contributed by atoms with Gasteiger partial charge in [-0.15, -0.1) is 0 Å². The van der Waals surface area contributed by atoms with Gasteiger partial charge in [-0.1, -0.05) is 24.4 Å². The van der Waals surface area contributed by atoms with Gasteiger partial charge in [-0.2, -0.15) is 5.10 Å². The van der Waals surface area contributed by atoms with Crippen molar-refractivity contribution < 1.29 is 4.39 Å². The topological polar surface area (TPSA) is 55.9 Å². The Morgan fingerprint density at radius 2 is 2.26 bits per heavy atom. The summed E-state index contributed by atoms with van der Waals surface area (Å²) >= 11 is 5.03. The minimum absolute atomic E-state index is 0.255. The molecular weight excluding hydrogens is 263 g/mol. The average Bonchev–Trinajstić information content (AvgIpc) is 2.61. The van der Waals surface area contributed by atoms with Gasteiger partial charge < -0.3 is 11.1 Å². The molecule has 0 fully saturated rings. The molecule has 6 heteroatoms. The van der Waals surface area contributed by atoms with Crippen LogP contribution in [-0.4, -0.2) is 14.8 Å². The molecule has 0 unspecified atom stereocenters. The van der Waals surface area contributed by atoms with Crippen LogP contribution in [0.25, 0.3) is 0 Å². The Morgan fingerprint density at radius 3 is 2.89 bits per heavy atom. The second kappa shape index (κ2) is 5.36. The standard InChI is InChI=1S/C13H15FN4S/c1-8-11(12(15)19)13(18(2)17-8)16-7-9-4-3-5-10(14)6-9/h3-6,16H,7H2,1-2H3,(H2,15,19). The number of nitrogens with two attached hydrogens (primary N) is 1. The molecule has 0 aliphatic carbocycles. The van der Waals surface area contributed by atoms with E-state index >= 15 is 0 Å². The summed E-state index contributed by atoms with van der Waals surface area (Å²) in [4.78, 5) is 0.298. The van der Waals surface area contributed by atoms with Crippen molar-refractivity contribution in [1.82, 2.24) is 9.78 Å². The molecule has 0 spiro atoms. The summed E-state index contributed by atoms with van der Waals surface area (Å²) in [6.45, 7) is 2.33. The summed E-state index contributed by atoms with van der Waals surface area (Å²) in [5.41, 5.74) is 8.05. The van der Waals surface area contributed by atoms with Crippen molar-refractivity contribution >= 4 is 23.0 Å². The molecule has 0 radical (unpaired) electrons. The Bertz CT molecular complexity index is 621. The van der Waals surface area contributed by atoms with Gasteiger partial charge in [0, 0.05) is 13.6 Å². The number of rotatable bonds is 4. The molecule has 1 heterocycles. The summed E-state index contributed by atoms with van der Waals surface area (Å²) in [7, 11) is 1.81. The first-order valence-electron chi connectivity index (χ1n) is 5.80. The van der Waals surface area contributed by atoms with E-state index < -0.39 is 0 Å². The van der Waals surface area contributed by atoms with Gasteiger partial charge in [0.15, 0.2) is 0 Å². The Kier molecular flexibility index (Phi) is 3.80. The maximum absolute atomic E-state index is 13.1. The largest absolute Gasteiger partial charge is 0.389 e. The van der Waals surface area contributed by atoms with Crippen LogP contribution in [-0.2, 0) is 13.6 Å². The normalized spacial score (nSPS) is 10.5. The van der Waals surface area contributed by atoms with E-state index in [1.165, 1.54) is 12.1 Å². The SMILES string of the molecule is Cc1nn(C)c(NCc2cccc(F)c2)c1C(N)=S. The molecule has 1 aromatic carbocycles. The highest BCUT2D eigenvalue weighted by Crippen LogP contribution is 2.19. The van der Waals surface area contributed by atoms with E-state index in [9.17, 15) is 4.39 Å². The molecule has 0 saturated carbocycles. The second-order valence-electron chi connectivity index (χ2n) is 4.28. The lowest BCUT2D eigenvalue weighted by Crippen LogP contribution is -2.14. The molecule has 2 rings (SSSR count). The highest BCUT2D eigenvalue weighted by Gasteiger charge is 2.15. The maximum atomic E-state index is 13.1. The first kappa shape index (κ1) is 13.5. The predicted molar refractivity (Wildman–Crippen MR) is 77.6 cm³/mol. The Labute approximate surface area is 116 Å². The quantitative estimate of drug-likeness (QED) is 0.841. The van der Waals surface area contributed by atoms with Crippen LogP contribution < -0.4 is 11.1 Å². The van der Waals surface area contributed by atoms with Gasteiger partial charge in [0.25, 0.3) is 0 Å². The number of hydrogen-bond donors (Lipinski definition) is 2. The number of anilines is 1. The number of nitrogens with one attached hydrogen (secondary N) is 1. The van der Waals surface area contributed by atoms with Crippen molar-refractivity contribution in [3.8, 4) is 0 Å². The molecule has 100 valence electrons. The first-order valence-corrected chi connectivity index (χ1v) is 6.21. The molecule has 19 heavy (non-hydrogen) atoms. The molecule has 0 aliphatic rings. The van der Waals surface area contributed by atoms with E-state index in [2.05, 4.69) is 10.4 Å². The molecular formula is C13H15FN4S. The fraction of sp³-hybridized carbons (Fsp3) is 0.231. The fourth-order valence-corrected chi connectivity index (χ4v) is 2.23. The number of nitrogens with zero attached hydrogens (tertiary/aromatic N) is 2. The van der Waals surface area contributed by atoms with Crippen LogP contribution in [0.3, 0.4) is 0 Å². The summed E-state index contributed by atoms with van der Waals surface area (Å²) in [5.74, 6) is 0.490. The van der Waals surface area contributed by atoms with Crippen molar-refractivity contribution in [3.05, 3.63) is 46.9 Å². The average molecular weight is 278 g/mol. The lowest BCUT2D eigenvalue weighted by molar-refractivity contribution is 0.626. The highest BCUT2D eigenvalue weighted by molar-refractivity contribution is 7.80. The van der Waals surface area contributed by atoms with E-state index in [1.807, 2.05) is 20.0 Å². The summed E-state index contributed by atoms with van der Waals surface area (Å²) in [5, 5.41) is 7.47. The van der Waals surface area contributed by atoms with Gasteiger partial charge in [0.05, 0.1) is 11.3 Å². The van der Waals surface area contributed by atoms with E-state index in [-0.39, 0.29) is 5.82 Å². The molecule has 2 aromatic rings. The number of hydrogen-bond acceptors (Lipinski definition) is 3. The Morgan fingerprint density at radius 1 is 1.53 bits per heavy atom. The maximum Gasteiger partial charge on any atom is 0.134 e. The third kappa shape index (κ3) is 2.90. The first-order chi connectivity index (χ1) is 8.99. The van der Waals surface area contributed by atoms with Crippen molar-refractivity contribution in [2.45, 2.75) is 13.5 Å². The molecule has 4 nitrogen and oxygen atoms in total. The van der Waals surface area contributed by atoms with Crippen molar-refractivity contribution in [2.75, 3.05) is 5.32 Å². The second-order valence-corrected chi connectivity index (χ2v) is 4.72. The summed E-state index contributed by atoms with van der Waals surface area (Å²) < 4.78 is 14.8. The lowest BCUT2D eigenvalue weighted by atomic mass is 10.2. The zero-order chi connectivity index (χ0) is 14.0. The summed E-state index contributed by atoms with van der Waals surface area (Å²) in [6, 6.07) is 6.42.